The number of aromatic nitrogens is 2. The van der Waals surface area contributed by atoms with Gasteiger partial charge in [-0.25, -0.2) is 0 Å². The molecule has 0 unspecified atom stereocenters. The molecule has 0 aliphatic carbocycles. The van der Waals surface area contributed by atoms with Crippen LogP contribution in [0.5, 0.6) is 11.8 Å². The Balaban J connectivity index is 1.77. The van der Waals surface area contributed by atoms with Gasteiger partial charge in [-0.05, 0) is 55.7 Å². The molecule has 0 radical (unpaired) electrons. The lowest BCUT2D eigenvalue weighted by molar-refractivity contribution is -0.137. The Morgan fingerprint density at radius 1 is 1.03 bits per heavy atom. The number of methoxy groups -OCH3 is 1. The normalized spacial score (nSPS) is 10.7. The Morgan fingerprint density at radius 3 is 2.52 bits per heavy atom. The summed E-state index contributed by atoms with van der Waals surface area (Å²) in [5.74, 6) is 0.776. The zero-order valence-electron chi connectivity index (χ0n) is 16.7. The van der Waals surface area contributed by atoms with Gasteiger partial charge in [-0.1, -0.05) is 12.1 Å². The van der Waals surface area contributed by atoms with E-state index in [9.17, 15) is 4.79 Å². The van der Waals surface area contributed by atoms with Crippen molar-refractivity contribution in [3.05, 3.63) is 48.5 Å². The highest BCUT2D eigenvalue weighted by Gasteiger charge is 2.14. The molecule has 1 heterocycles. The molecule has 1 aromatic heterocycles. The summed E-state index contributed by atoms with van der Waals surface area (Å²) in [5.41, 5.74) is 1.77. The number of hydrogen-bond acceptors (Lipinski definition) is 6. The zero-order valence-corrected chi connectivity index (χ0v) is 16.7. The summed E-state index contributed by atoms with van der Waals surface area (Å²) < 4.78 is 11.0. The van der Waals surface area contributed by atoms with Gasteiger partial charge < -0.3 is 19.5 Å². The van der Waals surface area contributed by atoms with Crippen LogP contribution in [0.1, 0.15) is 25.7 Å². The van der Waals surface area contributed by atoms with Crippen LogP contribution in [0.25, 0.3) is 10.9 Å². The van der Waals surface area contributed by atoms with Crippen molar-refractivity contribution in [3.63, 3.8) is 0 Å². The molecule has 0 aliphatic heterocycles. The Bertz CT molecular complexity index is 960. The lowest BCUT2D eigenvalue weighted by Gasteiger charge is -2.21. The summed E-state index contributed by atoms with van der Waals surface area (Å²) >= 11 is 0. The molecule has 0 fully saturated rings. The van der Waals surface area contributed by atoms with Crippen LogP contribution >= 0.6 is 0 Å². The molecular weight excluding hydrogens is 370 g/mol. The van der Waals surface area contributed by atoms with Crippen LogP contribution in [0.4, 0.5) is 11.5 Å². The number of carbonyl (C=O) groups is 1. The van der Waals surface area contributed by atoms with Crippen LogP contribution in [0.3, 0.4) is 0 Å². The molecule has 0 saturated carbocycles. The van der Waals surface area contributed by atoms with Crippen LogP contribution in [0.15, 0.2) is 48.5 Å². The number of carboxylic acids is 1. The Morgan fingerprint density at radius 2 is 1.79 bits per heavy atom. The van der Waals surface area contributed by atoms with Gasteiger partial charge in [-0.15, -0.1) is 0 Å². The number of benzene rings is 2. The maximum atomic E-state index is 10.6. The fourth-order valence-electron chi connectivity index (χ4n) is 3.01. The van der Waals surface area contributed by atoms with Gasteiger partial charge in [0.2, 0.25) is 0 Å². The second-order valence-corrected chi connectivity index (χ2v) is 6.66. The predicted molar refractivity (Wildman–Crippen MR) is 112 cm³/mol. The van der Waals surface area contributed by atoms with Gasteiger partial charge >= 0.3 is 12.0 Å². The summed E-state index contributed by atoms with van der Waals surface area (Å²) in [4.78, 5) is 21.7. The van der Waals surface area contributed by atoms with Gasteiger partial charge in [0.15, 0.2) is 0 Å². The highest BCUT2D eigenvalue weighted by atomic mass is 16.5. The molecule has 0 saturated heterocycles. The van der Waals surface area contributed by atoms with Crippen LogP contribution < -0.4 is 14.4 Å². The topological polar surface area (TPSA) is 84.8 Å². The molecule has 0 amide bonds. The minimum absolute atomic E-state index is 0.184. The highest BCUT2D eigenvalue weighted by molar-refractivity contribution is 5.91. The van der Waals surface area contributed by atoms with Crippen molar-refractivity contribution in [3.8, 4) is 11.8 Å². The molecule has 0 bridgehead atoms. The van der Waals surface area contributed by atoms with Gasteiger partial charge in [-0.3, -0.25) is 4.79 Å². The molecule has 3 rings (SSSR count). The lowest BCUT2D eigenvalue weighted by Crippen LogP contribution is -2.13. The highest BCUT2D eigenvalue weighted by Crippen LogP contribution is 2.31. The summed E-state index contributed by atoms with van der Waals surface area (Å²) in [5, 5.41) is 9.62. The van der Waals surface area contributed by atoms with E-state index in [1.54, 1.807) is 7.11 Å². The van der Waals surface area contributed by atoms with Crippen molar-refractivity contribution < 1.29 is 19.4 Å². The second-order valence-electron chi connectivity index (χ2n) is 6.66. The third kappa shape index (κ3) is 5.34. The second kappa shape index (κ2) is 9.73. The molecule has 7 heteroatoms. The number of fused-ring (bicyclic) bond motifs is 1. The van der Waals surface area contributed by atoms with E-state index in [-0.39, 0.29) is 6.42 Å². The molecule has 0 aliphatic rings. The van der Waals surface area contributed by atoms with Crippen molar-refractivity contribution in [1.82, 2.24) is 9.97 Å². The van der Waals surface area contributed by atoms with Crippen molar-refractivity contribution in [2.24, 2.45) is 0 Å². The number of rotatable bonds is 10. The van der Waals surface area contributed by atoms with Crippen LogP contribution in [-0.2, 0) is 4.79 Å². The molecule has 2 aromatic carbocycles. The van der Waals surface area contributed by atoms with E-state index in [1.165, 1.54) is 0 Å². The van der Waals surface area contributed by atoms with Crippen molar-refractivity contribution in [1.29, 1.82) is 0 Å². The lowest BCUT2D eigenvalue weighted by atomic mass is 10.2. The third-order valence-corrected chi connectivity index (χ3v) is 4.61. The quantitative estimate of drug-likeness (QED) is 0.508. The van der Waals surface area contributed by atoms with E-state index in [0.29, 0.717) is 19.0 Å². The Labute approximate surface area is 169 Å². The van der Waals surface area contributed by atoms with E-state index < -0.39 is 5.97 Å². The van der Waals surface area contributed by atoms with Crippen molar-refractivity contribution >= 4 is 28.4 Å². The van der Waals surface area contributed by atoms with E-state index in [0.717, 1.165) is 41.0 Å². The first-order chi connectivity index (χ1) is 14.1. The predicted octanol–water partition coefficient (Wildman–Crippen LogP) is 4.43. The van der Waals surface area contributed by atoms with Crippen LogP contribution in [-0.4, -0.2) is 41.8 Å². The number of carboxylic acid groups (broad SMARTS) is 1. The minimum Gasteiger partial charge on any atom is -0.497 e. The number of unbranched alkanes of at least 4 members (excludes halogenated alkanes) is 2. The molecule has 152 valence electrons. The van der Waals surface area contributed by atoms with Crippen LogP contribution in [0.2, 0.25) is 0 Å². The average molecular weight is 395 g/mol. The number of hydrogen-bond donors (Lipinski definition) is 1. The maximum absolute atomic E-state index is 10.6. The average Bonchev–Trinajstić information content (AvgIpc) is 2.75. The molecule has 3 aromatic rings. The number of nitrogens with zero attached hydrogens (tertiary/aromatic N) is 3. The third-order valence-electron chi connectivity index (χ3n) is 4.61. The molecule has 0 spiro atoms. The summed E-state index contributed by atoms with van der Waals surface area (Å²) in [7, 11) is 3.59. The van der Waals surface area contributed by atoms with Gasteiger partial charge in [-0.2, -0.15) is 9.97 Å². The Kier molecular flexibility index (Phi) is 6.84. The van der Waals surface area contributed by atoms with Crippen molar-refractivity contribution in [2.45, 2.75) is 25.7 Å². The molecule has 1 N–H and O–H groups in total. The first-order valence-electron chi connectivity index (χ1n) is 9.57. The summed E-state index contributed by atoms with van der Waals surface area (Å²) in [6.45, 7) is 0.448. The van der Waals surface area contributed by atoms with E-state index in [1.807, 2.05) is 60.5 Å². The van der Waals surface area contributed by atoms with Crippen molar-refractivity contribution in [2.75, 3.05) is 25.7 Å². The fourth-order valence-corrected chi connectivity index (χ4v) is 3.01. The summed E-state index contributed by atoms with van der Waals surface area (Å²) in [6, 6.07) is 15.9. The van der Waals surface area contributed by atoms with Crippen LogP contribution in [0, 0.1) is 0 Å². The molecule has 0 atom stereocenters. The van der Waals surface area contributed by atoms with Gasteiger partial charge in [0.05, 0.1) is 19.2 Å². The first-order valence-corrected chi connectivity index (χ1v) is 9.57. The van der Waals surface area contributed by atoms with Gasteiger partial charge in [0.1, 0.15) is 11.6 Å². The maximum Gasteiger partial charge on any atom is 0.318 e. The molecular formula is C22H25N3O4. The Hall–Kier alpha value is -3.35. The number of para-hydroxylation sites is 1. The smallest absolute Gasteiger partial charge is 0.318 e. The SMILES string of the molecule is COc1ccc(N(C)c2nc(OCCCCCC(=O)O)nc3ccccc23)cc1. The summed E-state index contributed by atoms with van der Waals surface area (Å²) in [6.07, 6.45) is 2.37. The standard InChI is InChI=1S/C22H25N3O4/c1-25(16-11-13-17(28-2)14-12-16)21-18-8-5-6-9-19(18)23-22(24-21)29-15-7-3-4-10-20(26)27/h5-6,8-9,11-14H,3-4,7,10,15H2,1-2H3,(H,26,27). The molecule has 29 heavy (non-hydrogen) atoms. The number of aliphatic carboxylic acids is 1. The monoisotopic (exact) mass is 395 g/mol. The van der Waals surface area contributed by atoms with E-state index in [2.05, 4.69) is 9.97 Å². The molecule has 7 nitrogen and oxygen atoms in total. The van der Waals surface area contributed by atoms with E-state index in [4.69, 9.17) is 14.6 Å². The fraction of sp³-hybridized carbons (Fsp3) is 0.318. The van der Waals surface area contributed by atoms with Gasteiger partial charge in [0.25, 0.3) is 0 Å². The first kappa shape index (κ1) is 20.4. The number of ether oxygens (including phenoxy) is 2. The van der Waals surface area contributed by atoms with Gasteiger partial charge in [0, 0.05) is 24.5 Å². The van der Waals surface area contributed by atoms with E-state index >= 15 is 0 Å². The largest absolute Gasteiger partial charge is 0.497 e. The minimum atomic E-state index is -0.769. The zero-order chi connectivity index (χ0) is 20.6. The number of anilines is 2.